The second-order valence-electron chi connectivity index (χ2n) is 3.55. The van der Waals surface area contributed by atoms with Crippen molar-refractivity contribution in [1.82, 2.24) is 10.6 Å². The number of carbonyl (C=O) groups excluding carboxylic acids is 2. The summed E-state index contributed by atoms with van der Waals surface area (Å²) in [5, 5.41) is 4.03. The van der Waals surface area contributed by atoms with E-state index < -0.39 is 23.7 Å². The zero-order valence-corrected chi connectivity index (χ0v) is 8.84. The van der Waals surface area contributed by atoms with Crippen LogP contribution in [0.15, 0.2) is 30.0 Å². The molecule has 2 N–H and O–H groups in total. The molecule has 94 valence electrons. The predicted molar refractivity (Wildman–Crippen MR) is 56.1 cm³/mol. The van der Waals surface area contributed by atoms with Crippen LogP contribution in [0.25, 0.3) is 6.08 Å². The zero-order valence-electron chi connectivity index (χ0n) is 8.84. The van der Waals surface area contributed by atoms with E-state index in [-0.39, 0.29) is 11.3 Å². The highest BCUT2D eigenvalue weighted by atomic mass is 19.4. The lowest BCUT2D eigenvalue weighted by Gasteiger charge is -2.09. The fourth-order valence-electron chi connectivity index (χ4n) is 1.52. The van der Waals surface area contributed by atoms with Crippen molar-refractivity contribution < 1.29 is 22.8 Å². The van der Waals surface area contributed by atoms with Crippen molar-refractivity contribution in [1.29, 1.82) is 0 Å². The first kappa shape index (κ1) is 12.2. The molecule has 0 unspecified atom stereocenters. The van der Waals surface area contributed by atoms with Crippen molar-refractivity contribution in [3.63, 3.8) is 0 Å². The van der Waals surface area contributed by atoms with Crippen LogP contribution in [-0.4, -0.2) is 11.9 Å². The smallest absolute Gasteiger partial charge is 0.303 e. The van der Waals surface area contributed by atoms with Crippen LogP contribution < -0.4 is 10.6 Å². The number of hydrogen-bond acceptors (Lipinski definition) is 2. The lowest BCUT2D eigenvalue weighted by Crippen LogP contribution is -2.22. The van der Waals surface area contributed by atoms with E-state index in [1.165, 1.54) is 18.2 Å². The quantitative estimate of drug-likeness (QED) is 0.595. The summed E-state index contributed by atoms with van der Waals surface area (Å²) in [5.74, 6) is -0.753. The van der Waals surface area contributed by atoms with Crippen LogP contribution in [0.2, 0.25) is 0 Å². The Morgan fingerprint density at radius 3 is 2.28 bits per heavy atom. The number of carbonyl (C=O) groups is 2. The average Bonchev–Trinajstić information content (AvgIpc) is 2.57. The van der Waals surface area contributed by atoms with Crippen LogP contribution in [0.3, 0.4) is 0 Å². The van der Waals surface area contributed by atoms with Gasteiger partial charge in [0.1, 0.15) is 5.70 Å². The van der Waals surface area contributed by atoms with Crippen molar-refractivity contribution in [2.75, 3.05) is 0 Å². The van der Waals surface area contributed by atoms with E-state index in [2.05, 4.69) is 5.32 Å². The van der Waals surface area contributed by atoms with Crippen molar-refractivity contribution in [2.24, 2.45) is 0 Å². The first-order valence-electron chi connectivity index (χ1n) is 4.88. The summed E-state index contributed by atoms with van der Waals surface area (Å²) < 4.78 is 38.0. The molecule has 1 heterocycles. The molecule has 0 spiro atoms. The lowest BCUT2D eigenvalue weighted by atomic mass is 10.1. The van der Waals surface area contributed by atoms with Crippen LogP contribution in [0.4, 0.5) is 18.0 Å². The SMILES string of the molecule is O=C1NC(=O)/C(=C/c2ccccc2C(F)(F)F)N1. The maximum absolute atomic E-state index is 12.7. The molecule has 1 fully saturated rings. The first-order valence-corrected chi connectivity index (χ1v) is 4.88. The lowest BCUT2D eigenvalue weighted by molar-refractivity contribution is -0.137. The summed E-state index contributed by atoms with van der Waals surface area (Å²) in [5.41, 5.74) is -1.26. The molecular weight excluding hydrogens is 249 g/mol. The van der Waals surface area contributed by atoms with Crippen molar-refractivity contribution >= 4 is 18.0 Å². The summed E-state index contributed by atoms with van der Waals surface area (Å²) in [6.07, 6.45) is -3.53. The molecule has 0 atom stereocenters. The van der Waals surface area contributed by atoms with Crippen LogP contribution in [0.1, 0.15) is 11.1 Å². The Bertz CT molecular complexity index is 549. The Labute approximate surface area is 99.5 Å². The Balaban J connectivity index is 2.44. The van der Waals surface area contributed by atoms with Gasteiger partial charge in [0.15, 0.2) is 0 Å². The molecule has 0 bridgehead atoms. The Morgan fingerprint density at radius 2 is 1.72 bits per heavy atom. The van der Waals surface area contributed by atoms with E-state index in [9.17, 15) is 22.8 Å². The molecule has 1 aromatic rings. The Kier molecular flexibility index (Phi) is 2.82. The van der Waals surface area contributed by atoms with Crippen LogP contribution in [0.5, 0.6) is 0 Å². The minimum atomic E-state index is -4.52. The molecule has 1 aliphatic heterocycles. The third-order valence-electron chi connectivity index (χ3n) is 2.29. The van der Waals surface area contributed by atoms with Gasteiger partial charge in [-0.2, -0.15) is 13.2 Å². The molecule has 0 aliphatic carbocycles. The summed E-state index contributed by atoms with van der Waals surface area (Å²) in [6.45, 7) is 0. The second-order valence-corrected chi connectivity index (χ2v) is 3.55. The van der Waals surface area contributed by atoms with Gasteiger partial charge in [-0.3, -0.25) is 10.1 Å². The molecule has 7 heteroatoms. The van der Waals surface area contributed by atoms with Gasteiger partial charge in [-0.05, 0) is 17.7 Å². The Hall–Kier alpha value is -2.31. The molecule has 0 saturated carbocycles. The molecule has 3 amide bonds. The molecule has 1 aliphatic rings. The van der Waals surface area contributed by atoms with Gasteiger partial charge in [-0.15, -0.1) is 0 Å². The van der Waals surface area contributed by atoms with Gasteiger partial charge in [0.05, 0.1) is 5.56 Å². The highest BCUT2D eigenvalue weighted by Crippen LogP contribution is 2.32. The minimum Gasteiger partial charge on any atom is -0.303 e. The number of benzene rings is 1. The normalized spacial score (nSPS) is 17.8. The van der Waals surface area contributed by atoms with Gasteiger partial charge in [0.2, 0.25) is 0 Å². The minimum absolute atomic E-state index is 0.183. The fraction of sp³-hybridized carbons (Fsp3) is 0.0909. The predicted octanol–water partition coefficient (Wildman–Crippen LogP) is 1.89. The van der Waals surface area contributed by atoms with Crippen LogP contribution in [0, 0.1) is 0 Å². The number of imide groups is 1. The number of urea groups is 1. The molecule has 2 rings (SSSR count). The maximum Gasteiger partial charge on any atom is 0.416 e. The number of nitrogens with one attached hydrogen (secondary N) is 2. The van der Waals surface area contributed by atoms with Crippen molar-refractivity contribution in [3.05, 3.63) is 41.1 Å². The summed E-state index contributed by atoms with van der Waals surface area (Å²) in [4.78, 5) is 22.0. The second kappa shape index (κ2) is 4.17. The van der Waals surface area contributed by atoms with Gasteiger partial charge < -0.3 is 5.32 Å². The third-order valence-corrected chi connectivity index (χ3v) is 2.29. The number of halogens is 3. The van der Waals surface area contributed by atoms with E-state index in [4.69, 9.17) is 0 Å². The molecule has 1 aromatic carbocycles. The molecular formula is C11H7F3N2O2. The molecule has 4 nitrogen and oxygen atoms in total. The molecule has 0 aromatic heterocycles. The van der Waals surface area contributed by atoms with E-state index in [1.54, 1.807) is 0 Å². The van der Waals surface area contributed by atoms with E-state index in [0.29, 0.717) is 0 Å². The van der Waals surface area contributed by atoms with Crippen molar-refractivity contribution in [3.8, 4) is 0 Å². The summed E-state index contributed by atoms with van der Waals surface area (Å²) in [7, 11) is 0. The number of alkyl halides is 3. The van der Waals surface area contributed by atoms with Gasteiger partial charge >= 0.3 is 12.2 Å². The average molecular weight is 256 g/mol. The molecule has 0 radical (unpaired) electrons. The van der Waals surface area contributed by atoms with Crippen LogP contribution in [-0.2, 0) is 11.0 Å². The summed E-state index contributed by atoms with van der Waals surface area (Å²) >= 11 is 0. The van der Waals surface area contributed by atoms with E-state index in [0.717, 1.165) is 12.1 Å². The zero-order chi connectivity index (χ0) is 13.3. The molecule has 1 saturated heterocycles. The van der Waals surface area contributed by atoms with E-state index >= 15 is 0 Å². The van der Waals surface area contributed by atoms with Crippen LogP contribution >= 0.6 is 0 Å². The Morgan fingerprint density at radius 1 is 1.06 bits per heavy atom. The first-order chi connectivity index (χ1) is 8.38. The van der Waals surface area contributed by atoms with Gasteiger partial charge in [-0.1, -0.05) is 18.2 Å². The number of rotatable bonds is 1. The fourth-order valence-corrected chi connectivity index (χ4v) is 1.52. The monoisotopic (exact) mass is 256 g/mol. The standard InChI is InChI=1S/C11H7F3N2O2/c12-11(13,14)7-4-2-1-3-6(7)5-8-9(17)16-10(18)15-8/h1-5H,(H2,15,16,17,18)/b8-5-. The topological polar surface area (TPSA) is 58.2 Å². The third kappa shape index (κ3) is 2.34. The van der Waals surface area contributed by atoms with Gasteiger partial charge in [0, 0.05) is 0 Å². The van der Waals surface area contributed by atoms with Gasteiger partial charge in [0.25, 0.3) is 5.91 Å². The highest BCUT2D eigenvalue weighted by Gasteiger charge is 2.33. The van der Waals surface area contributed by atoms with Gasteiger partial charge in [-0.25, -0.2) is 4.79 Å². The summed E-state index contributed by atoms with van der Waals surface area (Å²) in [6, 6.07) is 4.03. The maximum atomic E-state index is 12.7. The van der Waals surface area contributed by atoms with E-state index in [1.807, 2.05) is 5.32 Å². The highest BCUT2D eigenvalue weighted by molar-refractivity contribution is 6.14. The molecule has 18 heavy (non-hydrogen) atoms. The number of hydrogen-bond donors (Lipinski definition) is 2. The van der Waals surface area contributed by atoms with Crippen molar-refractivity contribution in [2.45, 2.75) is 6.18 Å². The number of amides is 3. The largest absolute Gasteiger partial charge is 0.416 e.